The molecule has 2 N–H and O–H groups in total. The van der Waals surface area contributed by atoms with Gasteiger partial charge in [-0.3, -0.25) is 4.79 Å². The fourth-order valence-corrected chi connectivity index (χ4v) is 3.85. The summed E-state index contributed by atoms with van der Waals surface area (Å²) in [7, 11) is 1.79. The molecule has 9 nitrogen and oxygen atoms in total. The van der Waals surface area contributed by atoms with Gasteiger partial charge in [0, 0.05) is 42.2 Å². The van der Waals surface area contributed by atoms with Crippen molar-refractivity contribution in [1.82, 2.24) is 15.0 Å². The normalized spacial score (nSPS) is 14.4. The fraction of sp³-hybridized carbons (Fsp3) is 0.304. The number of rotatable bonds is 8. The molecule has 1 amide bonds. The second kappa shape index (κ2) is 8.87. The Labute approximate surface area is 193 Å². The smallest absolute Gasteiger partial charge is 0.229 e. The number of oxazole rings is 1. The number of anilines is 2. The van der Waals surface area contributed by atoms with Crippen LogP contribution in [0, 0.1) is 5.92 Å². The molecular formula is C23H23N5O4S. The summed E-state index contributed by atoms with van der Waals surface area (Å²) in [6.07, 6.45) is 6.87. The number of benzene rings is 1. The van der Waals surface area contributed by atoms with E-state index in [9.17, 15) is 9.35 Å². The van der Waals surface area contributed by atoms with Crippen molar-refractivity contribution < 1.29 is 18.5 Å². The predicted octanol–water partition coefficient (Wildman–Crippen LogP) is 3.59. The largest absolute Gasteiger partial charge is 0.616 e. The third kappa shape index (κ3) is 4.57. The third-order valence-corrected chi connectivity index (χ3v) is 6.18. The topological polar surface area (TPSA) is 125 Å². The van der Waals surface area contributed by atoms with E-state index in [0.717, 1.165) is 23.6 Å². The van der Waals surface area contributed by atoms with Crippen LogP contribution in [0.5, 0.6) is 5.75 Å². The first kappa shape index (κ1) is 21.5. The van der Waals surface area contributed by atoms with Gasteiger partial charge >= 0.3 is 0 Å². The lowest BCUT2D eigenvalue weighted by atomic mass is 10.1. The molecule has 170 valence electrons. The van der Waals surface area contributed by atoms with Gasteiger partial charge in [-0.1, -0.05) is 11.2 Å². The van der Waals surface area contributed by atoms with Crippen LogP contribution in [0.2, 0.25) is 0 Å². The number of carbonyl (C=O) groups is 1. The van der Waals surface area contributed by atoms with Crippen molar-refractivity contribution in [2.75, 3.05) is 36.3 Å². The number of aromatic nitrogens is 3. The molecule has 10 heteroatoms. The Bertz CT molecular complexity index is 1340. The Kier molecular flexibility index (Phi) is 5.77. The maximum atomic E-state index is 12.2. The number of hydrogen-bond donors (Lipinski definition) is 2. The van der Waals surface area contributed by atoms with Crippen molar-refractivity contribution in [3.63, 3.8) is 0 Å². The molecule has 0 aliphatic heterocycles. The van der Waals surface area contributed by atoms with E-state index in [0.29, 0.717) is 52.3 Å². The van der Waals surface area contributed by atoms with Gasteiger partial charge in [0.15, 0.2) is 5.58 Å². The van der Waals surface area contributed by atoms with Crippen molar-refractivity contribution in [2.24, 2.45) is 5.92 Å². The number of carbonyl (C=O) groups excluding carboxylic acids is 1. The summed E-state index contributed by atoms with van der Waals surface area (Å²) in [6, 6.07) is 7.21. The predicted molar refractivity (Wildman–Crippen MR) is 128 cm³/mol. The standard InChI is InChI=1S/C23H23N5O4S/c1-24-21-16-11-25-20(28-22(29)13-3-4-13)10-15(16)17(12-26-21)23-27-18-9-14(5-6-19(18)32-23)31-7-8-33(2)30/h5-6,9-13H,3-4,7-8H2,1-2H3,(H,24,26)(H,25,28,29). The van der Waals surface area contributed by atoms with Crippen molar-refractivity contribution in [1.29, 1.82) is 0 Å². The highest BCUT2D eigenvalue weighted by molar-refractivity contribution is 7.90. The summed E-state index contributed by atoms with van der Waals surface area (Å²) in [6.45, 7) is 0.363. The molecule has 0 radical (unpaired) electrons. The van der Waals surface area contributed by atoms with E-state index >= 15 is 0 Å². The highest BCUT2D eigenvalue weighted by Crippen LogP contribution is 2.35. The lowest BCUT2D eigenvalue weighted by molar-refractivity contribution is -0.117. The highest BCUT2D eigenvalue weighted by atomic mass is 32.2. The van der Waals surface area contributed by atoms with E-state index in [1.807, 2.05) is 6.07 Å². The average Bonchev–Trinajstić information content (AvgIpc) is 3.57. The minimum absolute atomic E-state index is 0.00686. The van der Waals surface area contributed by atoms with Gasteiger partial charge in [-0.05, 0) is 31.0 Å². The van der Waals surface area contributed by atoms with Gasteiger partial charge in [-0.2, -0.15) is 0 Å². The third-order valence-electron chi connectivity index (χ3n) is 5.44. The zero-order valence-electron chi connectivity index (χ0n) is 18.3. The fourth-order valence-electron chi connectivity index (χ4n) is 3.54. The molecule has 0 bridgehead atoms. The number of nitrogens with one attached hydrogen (secondary N) is 2. The zero-order valence-corrected chi connectivity index (χ0v) is 19.1. The maximum absolute atomic E-state index is 12.2. The van der Waals surface area contributed by atoms with E-state index in [4.69, 9.17) is 9.15 Å². The minimum atomic E-state index is -0.911. The van der Waals surface area contributed by atoms with Crippen molar-refractivity contribution in [3.05, 3.63) is 36.7 Å². The second-order valence-electron chi connectivity index (χ2n) is 7.92. The van der Waals surface area contributed by atoms with E-state index in [1.165, 1.54) is 0 Å². The molecule has 1 aliphatic rings. The summed E-state index contributed by atoms with van der Waals surface area (Å²) in [4.78, 5) is 25.7. The average molecular weight is 466 g/mol. The number of fused-ring (bicyclic) bond motifs is 2. The van der Waals surface area contributed by atoms with Crippen LogP contribution in [0.3, 0.4) is 0 Å². The molecule has 0 spiro atoms. The minimum Gasteiger partial charge on any atom is -0.616 e. The van der Waals surface area contributed by atoms with Gasteiger partial charge in [-0.25, -0.2) is 15.0 Å². The van der Waals surface area contributed by atoms with Crippen LogP contribution in [0.1, 0.15) is 12.8 Å². The summed E-state index contributed by atoms with van der Waals surface area (Å²) in [5, 5.41) is 7.56. The van der Waals surface area contributed by atoms with Crippen LogP contribution < -0.4 is 15.4 Å². The SMILES string of the molecule is CNc1ncc(-c2nc3cc(OCC[S+](C)[O-])ccc3o2)c2cc(NC(=O)C3CC3)ncc12. The summed E-state index contributed by atoms with van der Waals surface area (Å²) in [5.74, 6) is 2.73. The number of hydrogen-bond acceptors (Lipinski definition) is 8. The number of nitrogens with zero attached hydrogens (tertiary/aromatic N) is 3. The molecule has 5 rings (SSSR count). The molecule has 1 unspecified atom stereocenters. The lowest BCUT2D eigenvalue weighted by Crippen LogP contribution is -2.14. The van der Waals surface area contributed by atoms with E-state index < -0.39 is 11.2 Å². The molecule has 1 saturated carbocycles. The van der Waals surface area contributed by atoms with Gasteiger partial charge in [-0.15, -0.1) is 0 Å². The van der Waals surface area contributed by atoms with Crippen molar-refractivity contribution >= 4 is 50.6 Å². The van der Waals surface area contributed by atoms with Crippen LogP contribution in [0.15, 0.2) is 41.1 Å². The first-order valence-electron chi connectivity index (χ1n) is 10.6. The first-order chi connectivity index (χ1) is 16.0. The molecule has 33 heavy (non-hydrogen) atoms. The van der Waals surface area contributed by atoms with Gasteiger partial charge in [0.25, 0.3) is 0 Å². The van der Waals surface area contributed by atoms with Crippen LogP contribution in [-0.4, -0.2) is 51.1 Å². The molecule has 1 aromatic carbocycles. The van der Waals surface area contributed by atoms with E-state index in [-0.39, 0.29) is 11.8 Å². The monoisotopic (exact) mass is 465 g/mol. The molecule has 1 atom stereocenters. The van der Waals surface area contributed by atoms with Gasteiger partial charge < -0.3 is 24.3 Å². The van der Waals surface area contributed by atoms with Gasteiger partial charge in [0.1, 0.15) is 35.3 Å². The molecule has 4 aromatic rings. The maximum Gasteiger partial charge on any atom is 0.229 e. The van der Waals surface area contributed by atoms with E-state index in [2.05, 4.69) is 25.6 Å². The lowest BCUT2D eigenvalue weighted by Gasteiger charge is -2.10. The Hall–Kier alpha value is -3.37. The van der Waals surface area contributed by atoms with E-state index in [1.54, 1.807) is 43.9 Å². The summed E-state index contributed by atoms with van der Waals surface area (Å²) >= 11 is -0.911. The Morgan fingerprint density at radius 3 is 2.85 bits per heavy atom. The molecular weight excluding hydrogens is 442 g/mol. The summed E-state index contributed by atoms with van der Waals surface area (Å²) < 4.78 is 22.9. The first-order valence-corrected chi connectivity index (χ1v) is 12.4. The molecule has 3 aromatic heterocycles. The van der Waals surface area contributed by atoms with Crippen LogP contribution in [-0.2, 0) is 16.0 Å². The van der Waals surface area contributed by atoms with Gasteiger partial charge in [0.05, 0.1) is 11.8 Å². The second-order valence-corrected chi connectivity index (χ2v) is 9.48. The summed E-state index contributed by atoms with van der Waals surface area (Å²) in [5.41, 5.74) is 1.94. The Morgan fingerprint density at radius 1 is 1.24 bits per heavy atom. The van der Waals surface area contributed by atoms with Crippen molar-refractivity contribution in [3.8, 4) is 17.2 Å². The number of ether oxygens (including phenoxy) is 1. The molecule has 1 fully saturated rings. The zero-order chi connectivity index (χ0) is 22.9. The van der Waals surface area contributed by atoms with Crippen LogP contribution >= 0.6 is 0 Å². The van der Waals surface area contributed by atoms with Crippen molar-refractivity contribution in [2.45, 2.75) is 12.8 Å². The number of amides is 1. The Balaban J connectivity index is 1.51. The van der Waals surface area contributed by atoms with Crippen LogP contribution in [0.25, 0.3) is 33.3 Å². The Morgan fingerprint density at radius 2 is 2.09 bits per heavy atom. The highest BCUT2D eigenvalue weighted by Gasteiger charge is 2.30. The molecule has 1 aliphatic carbocycles. The van der Waals surface area contributed by atoms with Gasteiger partial charge in [0.2, 0.25) is 11.8 Å². The molecule has 3 heterocycles. The molecule has 0 saturated heterocycles. The van der Waals surface area contributed by atoms with Crippen LogP contribution in [0.4, 0.5) is 11.6 Å². The number of pyridine rings is 2. The quantitative estimate of drug-likeness (QED) is 0.378.